The number of thioether (sulfide) groups is 1. The summed E-state index contributed by atoms with van der Waals surface area (Å²) >= 11 is 2.04. The van der Waals surface area contributed by atoms with Crippen molar-refractivity contribution in [3.8, 4) is 0 Å². The Labute approximate surface area is 160 Å². The predicted molar refractivity (Wildman–Crippen MR) is 109 cm³/mol. The molecule has 2 rings (SSSR count). The maximum Gasteiger partial charge on any atom is 0.192 e. The Morgan fingerprint density at radius 3 is 2.83 bits per heavy atom. The third kappa shape index (κ3) is 5.98. The first kappa shape index (κ1) is 20.3. The second-order valence-corrected chi connectivity index (χ2v) is 7.49. The average molecular weight is 450 g/mol. The number of aryl methyl sites for hydroxylation is 1. The molecule has 1 aromatic rings. The van der Waals surface area contributed by atoms with Gasteiger partial charge in [0.05, 0.1) is 0 Å². The molecule has 23 heavy (non-hydrogen) atoms. The van der Waals surface area contributed by atoms with Crippen LogP contribution < -0.4 is 10.6 Å². The first-order valence-corrected chi connectivity index (χ1v) is 8.64. The van der Waals surface area contributed by atoms with Crippen LogP contribution in [0.1, 0.15) is 31.4 Å². The molecule has 6 nitrogen and oxygen atoms in total. The predicted octanol–water partition coefficient (Wildman–Crippen LogP) is 2.25. The molecule has 0 spiro atoms. The number of hydrogen-bond acceptors (Lipinski definition) is 4. The van der Waals surface area contributed by atoms with Gasteiger partial charge in [0.15, 0.2) is 11.8 Å². The number of nitrogens with zero attached hydrogens (tertiary/aromatic N) is 4. The molecule has 2 heterocycles. The van der Waals surface area contributed by atoms with E-state index in [1.807, 2.05) is 36.4 Å². The summed E-state index contributed by atoms with van der Waals surface area (Å²) in [6, 6.07) is 0. The van der Waals surface area contributed by atoms with Crippen LogP contribution in [0, 0.1) is 6.92 Å². The molecule has 0 bridgehead atoms. The Balaban J connectivity index is 0.00000264. The van der Waals surface area contributed by atoms with Crippen LogP contribution in [0.15, 0.2) is 17.6 Å². The smallest absolute Gasteiger partial charge is 0.192 e. The van der Waals surface area contributed by atoms with Gasteiger partial charge in [-0.3, -0.25) is 0 Å². The van der Waals surface area contributed by atoms with Crippen LogP contribution in [0.3, 0.4) is 0 Å². The maximum atomic E-state index is 4.61. The lowest BCUT2D eigenvalue weighted by Crippen LogP contribution is -2.43. The van der Waals surface area contributed by atoms with Crippen molar-refractivity contribution in [1.29, 1.82) is 0 Å². The van der Waals surface area contributed by atoms with Gasteiger partial charge in [-0.2, -0.15) is 11.8 Å². The molecular weight excluding hydrogens is 423 g/mol. The first-order chi connectivity index (χ1) is 10.5. The van der Waals surface area contributed by atoms with Gasteiger partial charge in [-0.1, -0.05) is 6.08 Å². The third-order valence-corrected chi connectivity index (χ3v) is 5.44. The second kappa shape index (κ2) is 9.51. The van der Waals surface area contributed by atoms with E-state index in [1.54, 1.807) is 0 Å². The van der Waals surface area contributed by atoms with Crippen molar-refractivity contribution in [2.24, 2.45) is 12.0 Å². The maximum absolute atomic E-state index is 4.61. The molecule has 0 radical (unpaired) electrons. The lowest BCUT2D eigenvalue weighted by Gasteiger charge is -2.24. The van der Waals surface area contributed by atoms with Crippen LogP contribution in [-0.2, 0) is 13.6 Å². The number of halogens is 1. The molecule has 130 valence electrons. The normalized spacial score (nSPS) is 20.9. The first-order valence-electron chi connectivity index (χ1n) is 7.66. The van der Waals surface area contributed by atoms with E-state index in [0.717, 1.165) is 24.2 Å². The summed E-state index contributed by atoms with van der Waals surface area (Å²) in [6.45, 7) is 10.1. The van der Waals surface area contributed by atoms with Crippen LogP contribution in [0.5, 0.6) is 0 Å². The molecule has 2 N–H and O–H groups in total. The molecule has 1 atom stereocenters. The molecule has 1 unspecified atom stereocenters. The molecule has 0 aliphatic carbocycles. The summed E-state index contributed by atoms with van der Waals surface area (Å²) in [5.74, 6) is 3.81. The second-order valence-electron chi connectivity index (χ2n) is 5.81. The number of aromatic nitrogens is 3. The highest BCUT2D eigenvalue weighted by Crippen LogP contribution is 2.36. The summed E-state index contributed by atoms with van der Waals surface area (Å²) in [5, 5.41) is 14.9. The topological polar surface area (TPSA) is 67.1 Å². The van der Waals surface area contributed by atoms with Crippen LogP contribution in [0.2, 0.25) is 0 Å². The Hall–Kier alpha value is -0.770. The molecule has 0 amide bonds. The SMILES string of the molecule is C=CCNC(=NCc1nnc(C)n1C)NCC1(C)CCCS1.I. The summed E-state index contributed by atoms with van der Waals surface area (Å²) in [6.07, 6.45) is 4.38. The fourth-order valence-corrected chi connectivity index (χ4v) is 3.57. The minimum Gasteiger partial charge on any atom is -0.355 e. The molecule has 8 heteroatoms. The zero-order valence-electron chi connectivity index (χ0n) is 14.1. The van der Waals surface area contributed by atoms with Crippen molar-refractivity contribution in [2.75, 3.05) is 18.8 Å². The molecule has 1 aliphatic heterocycles. The zero-order chi connectivity index (χ0) is 16.0. The molecule has 1 aromatic heterocycles. The highest BCUT2D eigenvalue weighted by atomic mass is 127. The molecule has 0 saturated carbocycles. The number of nitrogens with one attached hydrogen (secondary N) is 2. The van der Waals surface area contributed by atoms with Crippen molar-refractivity contribution in [2.45, 2.75) is 38.0 Å². The minimum atomic E-state index is 0. The Kier molecular flexibility index (Phi) is 8.38. The summed E-state index contributed by atoms with van der Waals surface area (Å²) in [5.41, 5.74) is 0. The molecule has 0 aromatic carbocycles. The lowest BCUT2D eigenvalue weighted by atomic mass is 10.1. The van der Waals surface area contributed by atoms with Gasteiger partial charge in [-0.25, -0.2) is 4.99 Å². The Morgan fingerprint density at radius 2 is 2.26 bits per heavy atom. The van der Waals surface area contributed by atoms with Crippen molar-refractivity contribution in [3.63, 3.8) is 0 Å². The fraction of sp³-hybridized carbons (Fsp3) is 0.667. The average Bonchev–Trinajstić information content (AvgIpc) is 3.07. The van der Waals surface area contributed by atoms with Crippen molar-refractivity contribution < 1.29 is 0 Å². The van der Waals surface area contributed by atoms with Crippen molar-refractivity contribution >= 4 is 41.7 Å². The molecule has 1 aliphatic rings. The van der Waals surface area contributed by atoms with Gasteiger partial charge in [0.1, 0.15) is 12.4 Å². The van der Waals surface area contributed by atoms with Gasteiger partial charge >= 0.3 is 0 Å². The number of rotatable bonds is 6. The van der Waals surface area contributed by atoms with Gasteiger partial charge < -0.3 is 15.2 Å². The molecule has 1 fully saturated rings. The number of guanidine groups is 1. The lowest BCUT2D eigenvalue weighted by molar-refractivity contribution is 0.585. The van der Waals surface area contributed by atoms with Crippen LogP contribution in [0.25, 0.3) is 0 Å². The van der Waals surface area contributed by atoms with E-state index >= 15 is 0 Å². The highest BCUT2D eigenvalue weighted by molar-refractivity contribution is 14.0. The summed E-state index contributed by atoms with van der Waals surface area (Å²) in [4.78, 5) is 4.61. The standard InChI is InChI=1S/C15H26N6S.HI/c1-5-8-16-14(18-11-15(3)7-6-9-22-15)17-10-13-20-19-12(2)21(13)4;/h5H,1,6-11H2,2-4H3,(H2,16,17,18);1H. The molecular formula is C15H27IN6S. The van der Waals surface area contributed by atoms with Crippen LogP contribution >= 0.6 is 35.7 Å². The quantitative estimate of drug-likeness (QED) is 0.301. The fourth-order valence-electron chi connectivity index (χ4n) is 2.33. The van der Waals surface area contributed by atoms with E-state index in [-0.39, 0.29) is 24.0 Å². The van der Waals surface area contributed by atoms with E-state index in [1.165, 1.54) is 18.6 Å². The van der Waals surface area contributed by atoms with Gasteiger partial charge in [-0.15, -0.1) is 40.8 Å². The van der Waals surface area contributed by atoms with Crippen LogP contribution in [0.4, 0.5) is 0 Å². The summed E-state index contributed by atoms with van der Waals surface area (Å²) < 4.78 is 2.26. The number of hydrogen-bond donors (Lipinski definition) is 2. The monoisotopic (exact) mass is 450 g/mol. The van der Waals surface area contributed by atoms with Crippen molar-refractivity contribution in [3.05, 3.63) is 24.3 Å². The number of aliphatic imine (C=N–C) groups is 1. The Morgan fingerprint density at radius 1 is 1.48 bits per heavy atom. The van der Waals surface area contributed by atoms with E-state index in [2.05, 4.69) is 39.3 Å². The zero-order valence-corrected chi connectivity index (χ0v) is 17.3. The highest BCUT2D eigenvalue weighted by Gasteiger charge is 2.29. The van der Waals surface area contributed by atoms with Gasteiger partial charge in [0, 0.05) is 24.9 Å². The molecule has 1 saturated heterocycles. The van der Waals surface area contributed by atoms with E-state index in [4.69, 9.17) is 0 Å². The third-order valence-electron chi connectivity index (χ3n) is 3.91. The summed E-state index contributed by atoms with van der Waals surface area (Å²) in [7, 11) is 1.96. The van der Waals surface area contributed by atoms with E-state index in [0.29, 0.717) is 17.8 Å². The van der Waals surface area contributed by atoms with Gasteiger partial charge in [-0.05, 0) is 32.4 Å². The van der Waals surface area contributed by atoms with Crippen molar-refractivity contribution in [1.82, 2.24) is 25.4 Å². The van der Waals surface area contributed by atoms with Crippen LogP contribution in [-0.4, -0.2) is 44.3 Å². The van der Waals surface area contributed by atoms with Gasteiger partial charge in [0.2, 0.25) is 0 Å². The largest absolute Gasteiger partial charge is 0.355 e. The minimum absolute atomic E-state index is 0. The van der Waals surface area contributed by atoms with E-state index < -0.39 is 0 Å². The Bertz CT molecular complexity index is 536. The van der Waals surface area contributed by atoms with E-state index in [9.17, 15) is 0 Å². The van der Waals surface area contributed by atoms with Gasteiger partial charge in [0.25, 0.3) is 0 Å².